The van der Waals surface area contributed by atoms with Gasteiger partial charge in [0.25, 0.3) is 0 Å². The number of carbonyl (C=O) groups is 3. The van der Waals surface area contributed by atoms with E-state index >= 15 is 0 Å². The van der Waals surface area contributed by atoms with Crippen LogP contribution in [0.2, 0.25) is 0 Å². The third-order valence-electron chi connectivity index (χ3n) is 7.14. The standard InChI is InChI=1S/C27H32N2O5/c1-3-29(17(2)26(31)32)25(30)18-9-8-10-19(15-18)28-27(33)34-16-24-22-13-6-4-11-20(22)21-12-5-7-14-23(21)24/h4-7,11-14,17-19,24H,3,8-10,15-16H2,1-2H3,(H,28,33)(H,31,32)/t17?,18-,19+/m1/s1. The average Bonchev–Trinajstić information content (AvgIpc) is 3.17. The van der Waals surface area contributed by atoms with Crippen molar-refractivity contribution in [3.05, 3.63) is 59.7 Å². The highest BCUT2D eigenvalue weighted by Gasteiger charge is 2.34. The lowest BCUT2D eigenvalue weighted by Gasteiger charge is -2.34. The van der Waals surface area contributed by atoms with Crippen LogP contribution in [0, 0.1) is 5.92 Å². The lowest BCUT2D eigenvalue weighted by Crippen LogP contribution is -2.48. The summed E-state index contributed by atoms with van der Waals surface area (Å²) in [4.78, 5) is 38.4. The normalized spacial score (nSPS) is 20.1. The zero-order valence-corrected chi connectivity index (χ0v) is 19.7. The van der Waals surface area contributed by atoms with Crippen LogP contribution in [0.4, 0.5) is 4.79 Å². The highest BCUT2D eigenvalue weighted by molar-refractivity contribution is 5.85. The van der Waals surface area contributed by atoms with Crippen molar-refractivity contribution in [3.63, 3.8) is 0 Å². The Morgan fingerprint density at radius 2 is 1.68 bits per heavy atom. The number of ether oxygens (including phenoxy) is 1. The fourth-order valence-corrected chi connectivity index (χ4v) is 5.34. The van der Waals surface area contributed by atoms with Gasteiger partial charge in [-0.25, -0.2) is 9.59 Å². The van der Waals surface area contributed by atoms with E-state index in [4.69, 9.17) is 4.74 Å². The van der Waals surface area contributed by atoms with Crippen molar-refractivity contribution in [3.8, 4) is 11.1 Å². The predicted octanol–water partition coefficient (Wildman–Crippen LogP) is 4.41. The van der Waals surface area contributed by atoms with Gasteiger partial charge in [0.2, 0.25) is 5.91 Å². The maximum Gasteiger partial charge on any atom is 0.407 e. The molecular formula is C27H32N2O5. The SMILES string of the molecule is CCN(C(=O)[C@@H]1CCC[C@H](NC(=O)OCC2c3ccccc3-c3ccccc32)C1)C(C)C(=O)O. The molecule has 1 saturated carbocycles. The summed E-state index contributed by atoms with van der Waals surface area (Å²) in [5.74, 6) is -1.47. The number of carbonyl (C=O) groups excluding carboxylic acids is 2. The van der Waals surface area contributed by atoms with Crippen molar-refractivity contribution in [2.45, 2.75) is 57.5 Å². The largest absolute Gasteiger partial charge is 0.480 e. The van der Waals surface area contributed by atoms with Gasteiger partial charge in [0.1, 0.15) is 12.6 Å². The molecule has 3 atom stereocenters. The molecule has 2 aliphatic rings. The number of likely N-dealkylation sites (N-methyl/N-ethyl adjacent to an activating group) is 1. The van der Waals surface area contributed by atoms with Crippen molar-refractivity contribution in [1.29, 1.82) is 0 Å². The lowest BCUT2D eigenvalue weighted by atomic mass is 9.84. The first-order valence-electron chi connectivity index (χ1n) is 12.1. The van der Waals surface area contributed by atoms with Crippen LogP contribution >= 0.6 is 0 Å². The number of nitrogens with one attached hydrogen (secondary N) is 1. The van der Waals surface area contributed by atoms with E-state index in [0.29, 0.717) is 19.4 Å². The first-order chi connectivity index (χ1) is 16.4. The van der Waals surface area contributed by atoms with Gasteiger partial charge in [0, 0.05) is 24.4 Å². The number of alkyl carbamates (subject to hydrolysis) is 1. The molecule has 0 aliphatic heterocycles. The Hall–Kier alpha value is -3.35. The topological polar surface area (TPSA) is 95.9 Å². The molecule has 34 heavy (non-hydrogen) atoms. The van der Waals surface area contributed by atoms with Crippen LogP contribution in [0.25, 0.3) is 11.1 Å². The number of nitrogens with zero attached hydrogens (tertiary/aromatic N) is 1. The molecule has 7 heteroatoms. The number of hydrogen-bond acceptors (Lipinski definition) is 4. The number of carboxylic acid groups (broad SMARTS) is 1. The van der Waals surface area contributed by atoms with Gasteiger partial charge in [-0.3, -0.25) is 4.79 Å². The summed E-state index contributed by atoms with van der Waals surface area (Å²) in [5, 5.41) is 12.2. The van der Waals surface area contributed by atoms with Crippen molar-refractivity contribution in [2.75, 3.05) is 13.2 Å². The molecule has 2 amide bonds. The number of hydrogen-bond donors (Lipinski definition) is 2. The first-order valence-corrected chi connectivity index (χ1v) is 12.1. The minimum atomic E-state index is -1.01. The monoisotopic (exact) mass is 464 g/mol. The van der Waals surface area contributed by atoms with Gasteiger partial charge in [-0.15, -0.1) is 0 Å². The Morgan fingerprint density at radius 1 is 1.06 bits per heavy atom. The lowest BCUT2D eigenvalue weighted by molar-refractivity contribution is -0.151. The minimum Gasteiger partial charge on any atom is -0.480 e. The van der Waals surface area contributed by atoms with Crippen molar-refractivity contribution < 1.29 is 24.2 Å². The Morgan fingerprint density at radius 3 is 2.26 bits per heavy atom. The molecule has 2 aliphatic carbocycles. The highest BCUT2D eigenvalue weighted by Crippen LogP contribution is 2.44. The van der Waals surface area contributed by atoms with Crippen molar-refractivity contribution in [2.24, 2.45) is 5.92 Å². The van der Waals surface area contributed by atoms with Crippen LogP contribution in [0.15, 0.2) is 48.5 Å². The maximum atomic E-state index is 13.0. The Labute approximate surface area is 200 Å². The van der Waals surface area contributed by atoms with Crippen LogP contribution in [0.5, 0.6) is 0 Å². The fourth-order valence-electron chi connectivity index (χ4n) is 5.34. The second kappa shape index (κ2) is 10.3. The summed E-state index contributed by atoms with van der Waals surface area (Å²) in [6, 6.07) is 15.4. The van der Waals surface area contributed by atoms with E-state index in [0.717, 1.165) is 24.0 Å². The van der Waals surface area contributed by atoms with Crippen LogP contribution < -0.4 is 5.32 Å². The van der Waals surface area contributed by atoms with Gasteiger partial charge in [-0.2, -0.15) is 0 Å². The fraction of sp³-hybridized carbons (Fsp3) is 0.444. The average molecular weight is 465 g/mol. The van der Waals surface area contributed by atoms with Crippen LogP contribution in [0.3, 0.4) is 0 Å². The van der Waals surface area contributed by atoms with Gasteiger partial charge < -0.3 is 20.1 Å². The smallest absolute Gasteiger partial charge is 0.407 e. The molecule has 0 radical (unpaired) electrons. The number of benzene rings is 2. The summed E-state index contributed by atoms with van der Waals surface area (Å²) in [7, 11) is 0. The number of rotatable bonds is 7. The molecule has 0 spiro atoms. The molecule has 0 aromatic heterocycles. The Kier molecular flexibility index (Phi) is 7.20. The predicted molar refractivity (Wildman–Crippen MR) is 128 cm³/mol. The summed E-state index contributed by atoms with van der Waals surface area (Å²) in [5.41, 5.74) is 4.67. The maximum absolute atomic E-state index is 13.0. The van der Waals surface area contributed by atoms with Crippen LogP contribution in [-0.2, 0) is 14.3 Å². The molecule has 7 nitrogen and oxygen atoms in total. The van der Waals surface area contributed by atoms with E-state index in [1.165, 1.54) is 23.0 Å². The van der Waals surface area contributed by atoms with Crippen LogP contribution in [0.1, 0.15) is 56.6 Å². The number of fused-ring (bicyclic) bond motifs is 3. The van der Waals surface area contributed by atoms with Gasteiger partial charge in [-0.1, -0.05) is 55.0 Å². The highest BCUT2D eigenvalue weighted by atomic mass is 16.5. The molecule has 2 aromatic rings. The molecule has 180 valence electrons. The van der Waals surface area contributed by atoms with E-state index in [1.807, 2.05) is 24.3 Å². The van der Waals surface area contributed by atoms with Crippen molar-refractivity contribution in [1.82, 2.24) is 10.2 Å². The van der Waals surface area contributed by atoms with E-state index in [9.17, 15) is 19.5 Å². The molecule has 1 unspecified atom stereocenters. The second-order valence-electron chi connectivity index (χ2n) is 9.17. The summed E-state index contributed by atoms with van der Waals surface area (Å²) >= 11 is 0. The van der Waals surface area contributed by atoms with Gasteiger partial charge in [-0.05, 0) is 55.4 Å². The zero-order chi connectivity index (χ0) is 24.2. The van der Waals surface area contributed by atoms with Crippen LogP contribution in [-0.4, -0.2) is 53.2 Å². The summed E-state index contributed by atoms with van der Waals surface area (Å²) in [6.45, 7) is 3.90. The minimum absolute atomic E-state index is 0.00514. The van der Waals surface area contributed by atoms with E-state index in [2.05, 4.69) is 29.6 Å². The molecular weight excluding hydrogens is 432 g/mol. The first kappa shape index (κ1) is 23.8. The third-order valence-corrected chi connectivity index (χ3v) is 7.14. The van der Waals surface area contributed by atoms with E-state index in [1.54, 1.807) is 6.92 Å². The van der Waals surface area contributed by atoms with Gasteiger partial charge in [0.15, 0.2) is 0 Å². The number of aliphatic carboxylic acids is 1. The molecule has 1 fully saturated rings. The van der Waals surface area contributed by atoms with Gasteiger partial charge in [0.05, 0.1) is 0 Å². The number of carboxylic acids is 1. The molecule has 0 saturated heterocycles. The second-order valence-corrected chi connectivity index (χ2v) is 9.17. The Bertz CT molecular complexity index is 1020. The molecule has 2 N–H and O–H groups in total. The molecule has 0 heterocycles. The van der Waals surface area contributed by atoms with E-state index in [-0.39, 0.29) is 30.4 Å². The quantitative estimate of drug-likeness (QED) is 0.633. The molecule has 2 aromatic carbocycles. The summed E-state index contributed by atoms with van der Waals surface area (Å²) in [6.07, 6.45) is 2.28. The van der Waals surface area contributed by atoms with E-state index < -0.39 is 18.1 Å². The molecule has 4 rings (SSSR count). The molecule has 0 bridgehead atoms. The van der Waals surface area contributed by atoms with Crippen molar-refractivity contribution >= 4 is 18.0 Å². The summed E-state index contributed by atoms with van der Waals surface area (Å²) < 4.78 is 5.65. The Balaban J connectivity index is 1.35. The zero-order valence-electron chi connectivity index (χ0n) is 19.7. The third kappa shape index (κ3) is 4.79. The van der Waals surface area contributed by atoms with Gasteiger partial charge >= 0.3 is 12.1 Å². The number of amides is 2.